The van der Waals surface area contributed by atoms with Crippen LogP contribution in [0.15, 0.2) is 0 Å². The molecule has 0 spiro atoms. The van der Waals surface area contributed by atoms with E-state index in [1.54, 1.807) is 9.58 Å². The number of aryl methyl sites for hydroxylation is 1. The molecule has 7 heteroatoms. The maximum absolute atomic E-state index is 12.5. The van der Waals surface area contributed by atoms with Gasteiger partial charge in [-0.3, -0.25) is 14.3 Å². The van der Waals surface area contributed by atoms with E-state index in [2.05, 4.69) is 15.7 Å². The smallest absolute Gasteiger partial charge is 0.230 e. The highest BCUT2D eigenvalue weighted by atomic mass is 16.2. The Kier molecular flexibility index (Phi) is 3.90. The summed E-state index contributed by atoms with van der Waals surface area (Å²) >= 11 is 0. The first-order valence-electron chi connectivity index (χ1n) is 7.83. The van der Waals surface area contributed by atoms with Gasteiger partial charge in [0.1, 0.15) is 5.82 Å². The van der Waals surface area contributed by atoms with Gasteiger partial charge in [0.2, 0.25) is 11.8 Å². The van der Waals surface area contributed by atoms with Crippen LogP contribution in [0.2, 0.25) is 0 Å². The summed E-state index contributed by atoms with van der Waals surface area (Å²) in [7, 11) is 1.84. The number of carbonyl (C=O) groups is 2. The van der Waals surface area contributed by atoms with Crippen LogP contribution in [0.1, 0.15) is 31.5 Å². The second-order valence-corrected chi connectivity index (χ2v) is 6.35. The van der Waals surface area contributed by atoms with E-state index in [1.165, 1.54) is 0 Å². The highest BCUT2D eigenvalue weighted by molar-refractivity contribution is 5.97. The number of carbonyl (C=O) groups excluding carboxylic acids is 2. The van der Waals surface area contributed by atoms with Crippen LogP contribution in [-0.2, 0) is 29.6 Å². The van der Waals surface area contributed by atoms with Crippen LogP contribution in [0.4, 0.5) is 5.82 Å². The van der Waals surface area contributed by atoms with Crippen molar-refractivity contribution in [3.8, 4) is 0 Å². The molecular formula is C15H23N5O2. The lowest BCUT2D eigenvalue weighted by Gasteiger charge is -2.21. The third kappa shape index (κ3) is 2.61. The maximum Gasteiger partial charge on any atom is 0.230 e. The molecule has 2 amide bonds. The van der Waals surface area contributed by atoms with Crippen molar-refractivity contribution in [2.24, 2.45) is 13.0 Å². The van der Waals surface area contributed by atoms with Crippen LogP contribution in [-0.4, -0.2) is 45.6 Å². The van der Waals surface area contributed by atoms with Crippen LogP contribution in [0.25, 0.3) is 0 Å². The molecule has 2 aliphatic heterocycles. The van der Waals surface area contributed by atoms with Crippen molar-refractivity contribution in [3.05, 3.63) is 11.3 Å². The van der Waals surface area contributed by atoms with Crippen molar-refractivity contribution in [3.63, 3.8) is 0 Å². The summed E-state index contributed by atoms with van der Waals surface area (Å²) in [5.74, 6) is 0.441. The summed E-state index contributed by atoms with van der Waals surface area (Å²) in [4.78, 5) is 26.2. The van der Waals surface area contributed by atoms with E-state index >= 15 is 0 Å². The van der Waals surface area contributed by atoms with Gasteiger partial charge in [0.05, 0.1) is 11.6 Å². The van der Waals surface area contributed by atoms with E-state index in [4.69, 9.17) is 0 Å². The third-order valence-corrected chi connectivity index (χ3v) is 4.46. The van der Waals surface area contributed by atoms with Crippen molar-refractivity contribution < 1.29 is 9.59 Å². The summed E-state index contributed by atoms with van der Waals surface area (Å²) in [6, 6.07) is 0.138. The molecule has 2 N–H and O–H groups in total. The number of likely N-dealkylation sites (tertiary alicyclic amines) is 1. The molecule has 1 atom stereocenters. The SMILES string of the molecule is CC(C)N1CC(C(=O)Nc2c3c(nn2C)CCNC3)CC1=O. The highest BCUT2D eigenvalue weighted by Gasteiger charge is 2.36. The molecule has 0 aliphatic carbocycles. The lowest BCUT2D eigenvalue weighted by Crippen LogP contribution is -2.33. The van der Waals surface area contributed by atoms with E-state index < -0.39 is 0 Å². The van der Waals surface area contributed by atoms with Crippen molar-refractivity contribution in [1.82, 2.24) is 20.0 Å². The Balaban J connectivity index is 1.73. The van der Waals surface area contributed by atoms with Crippen LogP contribution in [0.5, 0.6) is 0 Å². The number of rotatable bonds is 3. The second-order valence-electron chi connectivity index (χ2n) is 6.35. The van der Waals surface area contributed by atoms with Crippen LogP contribution < -0.4 is 10.6 Å². The number of hydrogen-bond acceptors (Lipinski definition) is 4. The number of fused-ring (bicyclic) bond motifs is 1. The summed E-state index contributed by atoms with van der Waals surface area (Å²) < 4.78 is 1.73. The minimum Gasteiger partial charge on any atom is -0.339 e. The lowest BCUT2D eigenvalue weighted by atomic mass is 10.1. The van der Waals surface area contributed by atoms with Gasteiger partial charge in [-0.25, -0.2) is 0 Å². The first kappa shape index (κ1) is 15.0. The minimum absolute atomic E-state index is 0.0591. The lowest BCUT2D eigenvalue weighted by molar-refractivity contribution is -0.129. The monoisotopic (exact) mass is 305 g/mol. The Bertz CT molecular complexity index is 607. The number of nitrogens with one attached hydrogen (secondary N) is 2. The first-order valence-corrected chi connectivity index (χ1v) is 7.83. The molecule has 1 aromatic heterocycles. The Morgan fingerprint density at radius 2 is 2.23 bits per heavy atom. The van der Waals surface area contributed by atoms with Crippen LogP contribution in [0.3, 0.4) is 0 Å². The Morgan fingerprint density at radius 3 is 2.91 bits per heavy atom. The molecule has 1 fully saturated rings. The predicted molar refractivity (Wildman–Crippen MR) is 82.2 cm³/mol. The predicted octanol–water partition coefficient (Wildman–Crippen LogP) is 0.261. The molecule has 0 aromatic carbocycles. The number of anilines is 1. The molecule has 0 bridgehead atoms. The topological polar surface area (TPSA) is 79.3 Å². The van der Waals surface area contributed by atoms with E-state index in [0.717, 1.165) is 36.6 Å². The van der Waals surface area contributed by atoms with E-state index in [1.807, 2.05) is 20.9 Å². The Hall–Kier alpha value is -1.89. The van der Waals surface area contributed by atoms with Crippen molar-refractivity contribution >= 4 is 17.6 Å². The highest BCUT2D eigenvalue weighted by Crippen LogP contribution is 2.25. The number of hydrogen-bond donors (Lipinski definition) is 2. The van der Waals surface area contributed by atoms with Gasteiger partial charge in [0.15, 0.2) is 0 Å². The normalized spacial score (nSPS) is 21.4. The Labute approximate surface area is 130 Å². The standard InChI is InChI=1S/C15H23N5O2/c1-9(2)20-8-10(6-13(20)21)15(22)17-14-11-7-16-5-4-12(11)18-19(14)3/h9-10,16H,4-8H2,1-3H3,(H,17,22). The zero-order valence-electron chi connectivity index (χ0n) is 13.3. The van der Waals surface area contributed by atoms with E-state index in [-0.39, 0.29) is 23.8 Å². The average molecular weight is 305 g/mol. The van der Waals surface area contributed by atoms with Crippen molar-refractivity contribution in [2.45, 2.75) is 39.3 Å². The van der Waals surface area contributed by atoms with E-state index in [0.29, 0.717) is 13.0 Å². The molecule has 2 aliphatic rings. The fourth-order valence-corrected chi connectivity index (χ4v) is 3.21. The van der Waals surface area contributed by atoms with Gasteiger partial charge >= 0.3 is 0 Å². The minimum atomic E-state index is -0.281. The van der Waals surface area contributed by atoms with Gasteiger partial charge in [-0.05, 0) is 13.8 Å². The molecule has 1 saturated heterocycles. The third-order valence-electron chi connectivity index (χ3n) is 4.46. The second kappa shape index (κ2) is 5.72. The van der Waals surface area contributed by atoms with Crippen molar-refractivity contribution in [1.29, 1.82) is 0 Å². The zero-order chi connectivity index (χ0) is 15.9. The fraction of sp³-hybridized carbons (Fsp3) is 0.667. The molecule has 3 heterocycles. The molecule has 1 aromatic rings. The van der Waals surface area contributed by atoms with E-state index in [9.17, 15) is 9.59 Å². The molecular weight excluding hydrogens is 282 g/mol. The quantitative estimate of drug-likeness (QED) is 0.839. The summed E-state index contributed by atoms with van der Waals surface area (Å²) in [5, 5.41) is 10.8. The first-order chi connectivity index (χ1) is 10.5. The number of nitrogens with zero attached hydrogens (tertiary/aromatic N) is 3. The molecule has 1 unspecified atom stereocenters. The van der Waals surface area contributed by atoms with Gasteiger partial charge in [-0.1, -0.05) is 0 Å². The van der Waals surface area contributed by atoms with Gasteiger partial charge in [0, 0.05) is 51.1 Å². The summed E-state index contributed by atoms with van der Waals surface area (Å²) in [6.07, 6.45) is 1.17. The summed E-state index contributed by atoms with van der Waals surface area (Å²) in [6.45, 7) is 6.09. The zero-order valence-corrected chi connectivity index (χ0v) is 13.3. The molecule has 0 radical (unpaired) electrons. The number of amides is 2. The van der Waals surface area contributed by atoms with Crippen LogP contribution >= 0.6 is 0 Å². The molecule has 3 rings (SSSR count). The van der Waals surface area contributed by atoms with Gasteiger partial charge in [0.25, 0.3) is 0 Å². The average Bonchev–Trinajstić information content (AvgIpc) is 3.00. The van der Waals surface area contributed by atoms with Crippen molar-refractivity contribution in [2.75, 3.05) is 18.4 Å². The molecule has 22 heavy (non-hydrogen) atoms. The molecule has 7 nitrogen and oxygen atoms in total. The largest absolute Gasteiger partial charge is 0.339 e. The Morgan fingerprint density at radius 1 is 1.45 bits per heavy atom. The maximum atomic E-state index is 12.5. The van der Waals surface area contributed by atoms with Gasteiger partial charge < -0.3 is 15.5 Å². The van der Waals surface area contributed by atoms with Crippen LogP contribution in [0, 0.1) is 5.92 Å². The number of aromatic nitrogens is 2. The fourth-order valence-electron chi connectivity index (χ4n) is 3.21. The summed E-state index contributed by atoms with van der Waals surface area (Å²) in [5.41, 5.74) is 2.11. The van der Waals surface area contributed by atoms with Gasteiger partial charge in [-0.15, -0.1) is 0 Å². The molecule has 120 valence electrons. The van der Waals surface area contributed by atoms with Gasteiger partial charge in [-0.2, -0.15) is 5.10 Å². The molecule has 0 saturated carbocycles.